The number of carbonyl (C=O) groups is 1. The number of nitrogens with zero attached hydrogens (tertiary/aromatic N) is 4. The lowest BCUT2D eigenvalue weighted by Gasteiger charge is -2.16. The number of fused-ring (bicyclic) bond motifs is 1. The van der Waals surface area contributed by atoms with Gasteiger partial charge in [0.15, 0.2) is 5.65 Å². The Morgan fingerprint density at radius 2 is 1.89 bits per heavy atom. The third-order valence-electron chi connectivity index (χ3n) is 5.87. The summed E-state index contributed by atoms with van der Waals surface area (Å²) in [6.45, 7) is 0. The molecule has 0 saturated heterocycles. The van der Waals surface area contributed by atoms with Gasteiger partial charge in [0, 0.05) is 23.2 Å². The predicted octanol–water partition coefficient (Wildman–Crippen LogP) is 4.51. The van der Waals surface area contributed by atoms with Gasteiger partial charge < -0.3 is 11.0 Å². The second-order valence-corrected chi connectivity index (χ2v) is 8.38. The van der Waals surface area contributed by atoms with Crippen LogP contribution >= 0.6 is 0 Å². The molecule has 3 N–H and O–H groups in total. The Labute approximate surface area is 202 Å². The fourth-order valence-electron chi connectivity index (χ4n) is 4.01. The third kappa shape index (κ3) is 5.36. The molecule has 1 amide bonds. The van der Waals surface area contributed by atoms with Crippen LogP contribution in [-0.4, -0.2) is 33.6 Å². The number of rotatable bonds is 6. The van der Waals surface area contributed by atoms with Crippen molar-refractivity contribution in [2.45, 2.75) is 25.1 Å². The van der Waals surface area contributed by atoms with Gasteiger partial charge in [-0.25, -0.2) is 13.9 Å². The van der Waals surface area contributed by atoms with Gasteiger partial charge in [-0.15, -0.1) is 5.10 Å². The number of anilines is 1. The van der Waals surface area contributed by atoms with Crippen LogP contribution in [0.25, 0.3) is 16.8 Å². The van der Waals surface area contributed by atoms with Crippen LogP contribution < -0.4 is 11.0 Å². The van der Waals surface area contributed by atoms with E-state index in [4.69, 9.17) is 5.64 Å². The summed E-state index contributed by atoms with van der Waals surface area (Å²) in [7, 11) is 1.67. The molecule has 35 heavy (non-hydrogen) atoms. The number of aromatic nitrogens is 3. The Morgan fingerprint density at radius 3 is 2.66 bits per heavy atom. The first-order valence-corrected chi connectivity index (χ1v) is 11.4. The minimum Gasteiger partial charge on any atom is -0.374 e. The van der Waals surface area contributed by atoms with Crippen molar-refractivity contribution in [3.63, 3.8) is 0 Å². The molecule has 7 nitrogen and oxygen atoms in total. The van der Waals surface area contributed by atoms with Crippen LogP contribution in [0.5, 0.6) is 0 Å². The molecule has 1 aliphatic carbocycles. The zero-order valence-electron chi connectivity index (χ0n) is 18.9. The average Bonchev–Trinajstić information content (AvgIpc) is 3.28. The van der Waals surface area contributed by atoms with Crippen molar-refractivity contribution in [2.75, 3.05) is 5.32 Å². The van der Waals surface area contributed by atoms with Gasteiger partial charge in [0.25, 0.3) is 5.95 Å². The highest BCUT2D eigenvalue weighted by Gasteiger charge is 2.17. The lowest BCUT2D eigenvalue weighted by molar-refractivity contribution is -0.115. The van der Waals surface area contributed by atoms with Crippen LogP contribution in [0.2, 0.25) is 5.82 Å². The molecule has 2 aromatic heterocycles. The van der Waals surface area contributed by atoms with Crippen molar-refractivity contribution in [1.29, 1.82) is 0 Å². The van der Waals surface area contributed by atoms with Crippen LogP contribution in [0.1, 0.15) is 18.4 Å². The minimum absolute atomic E-state index is 0.108. The van der Waals surface area contributed by atoms with Crippen molar-refractivity contribution in [1.82, 2.24) is 14.6 Å². The van der Waals surface area contributed by atoms with Crippen molar-refractivity contribution in [2.24, 2.45) is 10.6 Å². The summed E-state index contributed by atoms with van der Waals surface area (Å²) in [6.07, 6.45) is 8.06. The molecule has 0 fully saturated rings. The van der Waals surface area contributed by atoms with E-state index in [0.29, 0.717) is 17.3 Å². The van der Waals surface area contributed by atoms with E-state index in [-0.39, 0.29) is 24.0 Å². The van der Waals surface area contributed by atoms with Gasteiger partial charge in [-0.2, -0.15) is 4.98 Å². The molecule has 0 spiro atoms. The maximum absolute atomic E-state index is 13.0. The Kier molecular flexibility index (Phi) is 6.50. The first-order valence-electron chi connectivity index (χ1n) is 11.4. The monoisotopic (exact) mass is 465 g/mol. The molecule has 2 heterocycles. The van der Waals surface area contributed by atoms with Gasteiger partial charge in [-0.05, 0) is 72.3 Å². The predicted molar refractivity (Wildman–Crippen MR) is 136 cm³/mol. The number of halogens is 1. The number of hydrogen-bond acceptors (Lipinski definition) is 5. The van der Waals surface area contributed by atoms with E-state index >= 15 is 0 Å². The average molecular weight is 465 g/mol. The van der Waals surface area contributed by atoms with Gasteiger partial charge in [-0.1, -0.05) is 30.3 Å². The van der Waals surface area contributed by atoms with Crippen LogP contribution in [0, 0.1) is 5.82 Å². The van der Waals surface area contributed by atoms with Crippen LogP contribution in [-0.2, 0) is 11.2 Å². The molecule has 0 bridgehead atoms. The molecule has 0 aliphatic heterocycles. The molecule has 9 heteroatoms. The highest BCUT2D eigenvalue weighted by Crippen LogP contribution is 2.25. The van der Waals surface area contributed by atoms with Crippen LogP contribution in [0.15, 0.2) is 84.0 Å². The van der Waals surface area contributed by atoms with E-state index in [9.17, 15) is 9.18 Å². The maximum Gasteiger partial charge on any atom is 0.269 e. The molecular formula is C26H23BFN6O. The van der Waals surface area contributed by atoms with Gasteiger partial charge in [0.2, 0.25) is 13.3 Å². The standard InChI is InChI=1S/C26H23BFN6O/c28-20-10-5-17(6-11-20)15-25(35)30-21-12-7-18(8-13-21)19-9-14-24-32-26(33-34(24)16-19)31-23-4-2-1-3-22(23)27-29/h2,4-14,16,22H,1,3,15,29H2,(H,30,35). The molecule has 1 unspecified atom stereocenters. The first kappa shape index (κ1) is 22.7. The molecule has 1 aliphatic rings. The topological polar surface area (TPSA) is 97.7 Å². The third-order valence-corrected chi connectivity index (χ3v) is 5.87. The lowest BCUT2D eigenvalue weighted by Crippen LogP contribution is -2.22. The number of aliphatic imine (C=N–C) groups is 1. The molecule has 173 valence electrons. The Morgan fingerprint density at radius 1 is 1.11 bits per heavy atom. The first-order chi connectivity index (χ1) is 17.1. The highest BCUT2D eigenvalue weighted by molar-refractivity contribution is 6.43. The smallest absolute Gasteiger partial charge is 0.269 e. The number of allylic oxidation sites excluding steroid dienone is 2. The van der Waals surface area contributed by atoms with E-state index in [2.05, 4.69) is 26.5 Å². The van der Waals surface area contributed by atoms with E-state index in [1.54, 1.807) is 24.1 Å². The number of pyridine rings is 1. The van der Waals surface area contributed by atoms with Crippen molar-refractivity contribution >= 4 is 36.3 Å². The second kappa shape index (κ2) is 10.0. The molecule has 1 atom stereocenters. The number of hydrogen-bond donors (Lipinski definition) is 2. The van der Waals surface area contributed by atoms with Gasteiger partial charge in [0.05, 0.1) is 6.42 Å². The normalized spacial score (nSPS) is 16.5. The lowest BCUT2D eigenvalue weighted by atomic mass is 9.69. The van der Waals surface area contributed by atoms with E-state index in [1.165, 1.54) is 12.1 Å². The van der Waals surface area contributed by atoms with Gasteiger partial charge >= 0.3 is 0 Å². The fourth-order valence-corrected chi connectivity index (χ4v) is 4.01. The second-order valence-electron chi connectivity index (χ2n) is 8.38. The summed E-state index contributed by atoms with van der Waals surface area (Å²) in [6, 6.07) is 17.3. The Hall–Kier alpha value is -4.11. The molecule has 0 saturated carbocycles. The summed E-state index contributed by atoms with van der Waals surface area (Å²) in [5, 5.41) is 7.38. The number of nitrogens with one attached hydrogen (secondary N) is 1. The number of nitrogens with two attached hydrogens (primary N) is 1. The largest absolute Gasteiger partial charge is 0.374 e. The maximum atomic E-state index is 13.0. The zero-order chi connectivity index (χ0) is 24.2. The van der Waals surface area contributed by atoms with Gasteiger partial charge in [0.1, 0.15) is 5.82 Å². The van der Waals surface area contributed by atoms with Crippen LogP contribution in [0.3, 0.4) is 0 Å². The summed E-state index contributed by atoms with van der Waals surface area (Å²) in [5.74, 6) is 0.0232. The molecule has 1 radical (unpaired) electrons. The molecule has 4 aromatic rings. The van der Waals surface area contributed by atoms with E-state index < -0.39 is 0 Å². The summed E-state index contributed by atoms with van der Waals surface area (Å²) in [4.78, 5) is 21.4. The Balaban J connectivity index is 1.29. The Bertz CT molecular complexity index is 1410. The van der Waals surface area contributed by atoms with Crippen LogP contribution in [0.4, 0.5) is 16.0 Å². The fraction of sp³-hybridized carbons (Fsp3) is 0.154. The number of carbonyl (C=O) groups excluding carboxylic acids is 1. The number of benzene rings is 2. The zero-order valence-corrected chi connectivity index (χ0v) is 18.9. The quantitative estimate of drug-likeness (QED) is 0.410. The van der Waals surface area contributed by atoms with E-state index in [1.807, 2.05) is 48.7 Å². The van der Waals surface area contributed by atoms with Crippen molar-refractivity contribution < 1.29 is 9.18 Å². The van der Waals surface area contributed by atoms with E-state index in [0.717, 1.165) is 35.2 Å². The van der Waals surface area contributed by atoms with Crippen molar-refractivity contribution in [3.8, 4) is 11.1 Å². The highest BCUT2D eigenvalue weighted by atomic mass is 19.1. The molecular weight excluding hydrogens is 442 g/mol. The number of amides is 1. The summed E-state index contributed by atoms with van der Waals surface area (Å²) in [5.41, 5.74) is 10.7. The SMILES string of the molecule is N[B]C1CCC=CC1=Nc1nc2ccc(-c3ccc(NC(=O)Cc4ccc(F)cc4)cc3)cn2n1. The summed E-state index contributed by atoms with van der Waals surface area (Å²) < 4.78 is 14.7. The molecule has 2 aromatic carbocycles. The molecule has 5 rings (SSSR count). The minimum atomic E-state index is -0.321. The van der Waals surface area contributed by atoms with Crippen molar-refractivity contribution in [3.05, 3.63) is 90.4 Å². The van der Waals surface area contributed by atoms with Gasteiger partial charge in [-0.3, -0.25) is 4.79 Å². The summed E-state index contributed by atoms with van der Waals surface area (Å²) >= 11 is 0.